The first kappa shape index (κ1) is 26.3. The SMILES string of the molecule is CC/C(=C\c1cc(Br)ccc1O)CC[C@@H](O)C1=C(C)C[C@H]2C(=O)N(c3ccccc3)C(=O)[C@H]2[C@H]1CO. The molecule has 1 saturated heterocycles. The molecule has 3 N–H and O–H groups in total. The zero-order chi connectivity index (χ0) is 26.0. The maximum atomic E-state index is 13.4. The number of amides is 2. The van der Waals surface area contributed by atoms with Crippen LogP contribution in [0.2, 0.25) is 0 Å². The minimum atomic E-state index is -0.845. The number of hydrogen-bond donors (Lipinski definition) is 3. The number of anilines is 1. The summed E-state index contributed by atoms with van der Waals surface area (Å²) >= 11 is 3.43. The number of allylic oxidation sites excluding steroid dienone is 2. The van der Waals surface area contributed by atoms with Crippen molar-refractivity contribution in [2.45, 2.75) is 45.6 Å². The number of aliphatic hydroxyl groups is 2. The van der Waals surface area contributed by atoms with Crippen LogP contribution in [-0.2, 0) is 9.59 Å². The van der Waals surface area contributed by atoms with Crippen LogP contribution in [-0.4, -0.2) is 39.8 Å². The Labute approximate surface area is 220 Å². The number of rotatable bonds is 8. The number of nitrogens with zero attached hydrogens (tertiary/aromatic N) is 1. The highest BCUT2D eigenvalue weighted by Crippen LogP contribution is 2.47. The molecular weight excluding hydrogens is 522 g/mol. The van der Waals surface area contributed by atoms with Gasteiger partial charge in [0.2, 0.25) is 11.8 Å². The number of carbonyl (C=O) groups excluding carboxylic acids is 2. The quantitative estimate of drug-likeness (QED) is 0.307. The van der Waals surface area contributed by atoms with E-state index in [-0.39, 0.29) is 24.2 Å². The van der Waals surface area contributed by atoms with E-state index in [1.165, 1.54) is 4.90 Å². The van der Waals surface area contributed by atoms with E-state index in [0.717, 1.165) is 22.0 Å². The van der Waals surface area contributed by atoms with Crippen LogP contribution >= 0.6 is 15.9 Å². The summed E-state index contributed by atoms with van der Waals surface area (Å²) in [7, 11) is 0. The number of halogens is 1. The predicted molar refractivity (Wildman–Crippen MR) is 143 cm³/mol. The Morgan fingerprint density at radius 3 is 2.56 bits per heavy atom. The highest BCUT2D eigenvalue weighted by molar-refractivity contribution is 9.10. The number of imide groups is 1. The van der Waals surface area contributed by atoms with Gasteiger partial charge in [0.25, 0.3) is 0 Å². The molecule has 2 amide bonds. The molecule has 0 aromatic heterocycles. The molecule has 6 nitrogen and oxygen atoms in total. The van der Waals surface area contributed by atoms with Crippen LogP contribution in [0.15, 0.2) is 69.7 Å². The monoisotopic (exact) mass is 553 g/mol. The fourth-order valence-electron chi connectivity index (χ4n) is 5.64. The second-order valence-electron chi connectivity index (χ2n) is 9.62. The van der Waals surface area contributed by atoms with Gasteiger partial charge >= 0.3 is 0 Å². The maximum absolute atomic E-state index is 13.4. The lowest BCUT2D eigenvalue weighted by molar-refractivity contribution is -0.123. The minimum Gasteiger partial charge on any atom is -0.507 e. The lowest BCUT2D eigenvalue weighted by atomic mass is 9.68. The second kappa shape index (κ2) is 11.1. The van der Waals surface area contributed by atoms with Gasteiger partial charge in [-0.3, -0.25) is 14.5 Å². The smallest absolute Gasteiger partial charge is 0.238 e. The van der Waals surface area contributed by atoms with Gasteiger partial charge in [-0.05, 0) is 68.5 Å². The van der Waals surface area contributed by atoms with Crippen LogP contribution in [0.5, 0.6) is 5.75 Å². The van der Waals surface area contributed by atoms with Gasteiger partial charge in [0, 0.05) is 16.0 Å². The average molecular weight is 554 g/mol. The molecule has 7 heteroatoms. The zero-order valence-electron chi connectivity index (χ0n) is 20.5. The summed E-state index contributed by atoms with van der Waals surface area (Å²) in [6.45, 7) is 3.60. The summed E-state index contributed by atoms with van der Waals surface area (Å²) < 4.78 is 0.866. The van der Waals surface area contributed by atoms with Crippen molar-refractivity contribution < 1.29 is 24.9 Å². The molecule has 0 unspecified atom stereocenters. The predicted octanol–water partition coefficient (Wildman–Crippen LogP) is 5.22. The lowest BCUT2D eigenvalue weighted by Crippen LogP contribution is -2.38. The van der Waals surface area contributed by atoms with Crippen LogP contribution in [0.25, 0.3) is 6.08 Å². The van der Waals surface area contributed by atoms with Gasteiger partial charge in [-0.15, -0.1) is 0 Å². The minimum absolute atomic E-state index is 0.189. The number of phenols is 1. The molecule has 1 fully saturated rings. The van der Waals surface area contributed by atoms with Gasteiger partial charge in [0.1, 0.15) is 5.75 Å². The highest BCUT2D eigenvalue weighted by atomic mass is 79.9. The summed E-state index contributed by atoms with van der Waals surface area (Å²) in [6, 6.07) is 14.1. The van der Waals surface area contributed by atoms with Crippen molar-refractivity contribution in [2.24, 2.45) is 17.8 Å². The van der Waals surface area contributed by atoms with E-state index in [4.69, 9.17) is 0 Å². The molecule has 0 spiro atoms. The van der Waals surface area contributed by atoms with Crippen molar-refractivity contribution in [3.63, 3.8) is 0 Å². The first-order valence-corrected chi connectivity index (χ1v) is 13.1. The molecule has 36 heavy (non-hydrogen) atoms. The standard InChI is InChI=1S/C29H32BrNO5/c1-3-18(14-19-15-20(30)10-12-24(19)33)9-11-25(34)26-17(2)13-22-27(23(26)16-32)29(36)31(28(22)35)21-7-5-4-6-8-21/h4-8,10,12,14-15,22-23,25,27,32-34H,3,9,11,13,16H2,1-2H3/b18-14+/t22-,23+,25-,27-/m1/s1. The van der Waals surface area contributed by atoms with Crippen molar-refractivity contribution in [3.05, 3.63) is 75.3 Å². The normalized spacial score (nSPS) is 23.3. The summed E-state index contributed by atoms with van der Waals surface area (Å²) in [4.78, 5) is 27.9. The Bertz CT molecular complexity index is 1210. The van der Waals surface area contributed by atoms with E-state index in [9.17, 15) is 24.9 Å². The van der Waals surface area contributed by atoms with Gasteiger partial charge in [-0.1, -0.05) is 58.3 Å². The van der Waals surface area contributed by atoms with E-state index >= 15 is 0 Å². The Morgan fingerprint density at radius 1 is 1.17 bits per heavy atom. The summed E-state index contributed by atoms with van der Waals surface area (Å²) in [6.07, 6.45) is 3.25. The Morgan fingerprint density at radius 2 is 1.89 bits per heavy atom. The topological polar surface area (TPSA) is 98.1 Å². The van der Waals surface area contributed by atoms with Gasteiger partial charge in [-0.25, -0.2) is 0 Å². The van der Waals surface area contributed by atoms with Crippen LogP contribution < -0.4 is 4.90 Å². The van der Waals surface area contributed by atoms with Crippen LogP contribution in [0.3, 0.4) is 0 Å². The number of carbonyl (C=O) groups is 2. The first-order valence-electron chi connectivity index (χ1n) is 12.4. The number of phenolic OH excluding ortho intramolecular Hbond substituents is 1. The molecule has 2 aromatic carbocycles. The number of hydrogen-bond acceptors (Lipinski definition) is 5. The Hall–Kier alpha value is -2.74. The first-order chi connectivity index (χ1) is 17.3. The zero-order valence-corrected chi connectivity index (χ0v) is 22.1. The molecule has 1 aliphatic heterocycles. The number of para-hydroxylation sites is 1. The summed E-state index contributed by atoms with van der Waals surface area (Å²) in [5, 5.41) is 31.8. The Balaban J connectivity index is 1.55. The van der Waals surface area contributed by atoms with Crippen LogP contribution in [0.1, 0.15) is 45.1 Å². The average Bonchev–Trinajstić information content (AvgIpc) is 3.12. The molecule has 190 valence electrons. The van der Waals surface area contributed by atoms with E-state index in [2.05, 4.69) is 15.9 Å². The molecule has 4 atom stereocenters. The van der Waals surface area contributed by atoms with Crippen molar-refractivity contribution in [1.29, 1.82) is 0 Å². The van der Waals surface area contributed by atoms with E-state index in [1.54, 1.807) is 36.4 Å². The van der Waals surface area contributed by atoms with Crippen molar-refractivity contribution in [3.8, 4) is 5.75 Å². The largest absolute Gasteiger partial charge is 0.507 e. The van der Waals surface area contributed by atoms with Gasteiger partial charge in [0.05, 0.1) is 30.2 Å². The molecule has 1 heterocycles. The van der Waals surface area contributed by atoms with E-state index in [0.29, 0.717) is 36.1 Å². The fourth-order valence-corrected chi connectivity index (χ4v) is 6.02. The number of benzene rings is 2. The van der Waals surface area contributed by atoms with Crippen molar-refractivity contribution in [1.82, 2.24) is 0 Å². The summed E-state index contributed by atoms with van der Waals surface area (Å²) in [5.74, 6) is -2.19. The van der Waals surface area contributed by atoms with Gasteiger partial charge < -0.3 is 15.3 Å². The third-order valence-corrected chi connectivity index (χ3v) is 7.93. The van der Waals surface area contributed by atoms with Gasteiger partial charge in [-0.2, -0.15) is 0 Å². The van der Waals surface area contributed by atoms with E-state index in [1.807, 2.05) is 32.1 Å². The van der Waals surface area contributed by atoms with E-state index < -0.39 is 23.9 Å². The van der Waals surface area contributed by atoms with Crippen LogP contribution in [0.4, 0.5) is 5.69 Å². The lowest BCUT2D eigenvalue weighted by Gasteiger charge is -2.35. The molecule has 0 radical (unpaired) electrons. The third kappa shape index (κ3) is 5.05. The fraction of sp³-hybridized carbons (Fsp3) is 0.379. The van der Waals surface area contributed by atoms with Crippen LogP contribution in [0, 0.1) is 17.8 Å². The molecule has 1 aliphatic carbocycles. The molecule has 2 aromatic rings. The summed E-state index contributed by atoms with van der Waals surface area (Å²) in [5.41, 5.74) is 3.85. The molecule has 2 aliphatic rings. The molecular formula is C29H32BrNO5. The highest BCUT2D eigenvalue weighted by Gasteiger charge is 2.54. The Kier molecular flexibility index (Phi) is 8.13. The molecule has 0 bridgehead atoms. The maximum Gasteiger partial charge on any atom is 0.238 e. The second-order valence-corrected chi connectivity index (χ2v) is 10.5. The molecule has 4 rings (SSSR count). The van der Waals surface area contributed by atoms with Crippen molar-refractivity contribution in [2.75, 3.05) is 11.5 Å². The van der Waals surface area contributed by atoms with Gasteiger partial charge in [0.15, 0.2) is 0 Å². The third-order valence-electron chi connectivity index (χ3n) is 7.44. The van der Waals surface area contributed by atoms with Crippen molar-refractivity contribution >= 4 is 39.5 Å². The number of aliphatic hydroxyl groups excluding tert-OH is 2. The number of aromatic hydroxyl groups is 1. The molecule has 0 saturated carbocycles. The number of fused-ring (bicyclic) bond motifs is 1.